The van der Waals surface area contributed by atoms with Gasteiger partial charge in [-0.05, 0) is 61.4 Å². The van der Waals surface area contributed by atoms with Crippen molar-refractivity contribution in [3.8, 4) is 0 Å². The zero-order valence-corrected chi connectivity index (χ0v) is 18.6. The van der Waals surface area contributed by atoms with Crippen molar-refractivity contribution in [1.82, 2.24) is 0 Å². The molecule has 0 aliphatic heterocycles. The van der Waals surface area contributed by atoms with E-state index in [4.69, 9.17) is 9.47 Å². The molecule has 0 aromatic heterocycles. The van der Waals surface area contributed by atoms with Gasteiger partial charge >= 0.3 is 17.9 Å². The molecule has 0 fully saturated rings. The smallest absolute Gasteiger partial charge is 0.349 e. The van der Waals surface area contributed by atoms with Crippen LogP contribution >= 0.6 is 0 Å². The van der Waals surface area contributed by atoms with Gasteiger partial charge in [0.2, 0.25) is 12.2 Å². The molecule has 0 bridgehead atoms. The number of esters is 2. The van der Waals surface area contributed by atoms with Crippen LogP contribution in [0, 0.1) is 13.8 Å². The number of hydrogen-bond acceptors (Lipinski definition) is 6. The monoisotopic (exact) mass is 461 g/mol. The summed E-state index contributed by atoms with van der Waals surface area (Å²) in [6.45, 7) is 3.74. The van der Waals surface area contributed by atoms with Crippen molar-refractivity contribution in [3.05, 3.63) is 101 Å². The fourth-order valence-corrected chi connectivity index (χ4v) is 3.04. The van der Waals surface area contributed by atoms with Crippen LogP contribution in [-0.4, -0.2) is 41.1 Å². The fourth-order valence-electron chi connectivity index (χ4n) is 3.04. The first-order valence-electron chi connectivity index (χ1n) is 10.4. The van der Waals surface area contributed by atoms with Gasteiger partial charge in [0.25, 0.3) is 5.91 Å². The summed E-state index contributed by atoms with van der Waals surface area (Å²) in [6.07, 6.45) is -4.05. The molecule has 2 atom stereocenters. The second-order valence-corrected chi connectivity index (χ2v) is 7.51. The lowest BCUT2D eigenvalue weighted by atomic mass is 10.1. The number of aliphatic carboxylic acids is 1. The number of anilines is 1. The summed E-state index contributed by atoms with van der Waals surface area (Å²) < 4.78 is 10.4. The molecule has 8 nitrogen and oxygen atoms in total. The summed E-state index contributed by atoms with van der Waals surface area (Å²) in [5.74, 6) is -4.53. The van der Waals surface area contributed by atoms with Crippen LogP contribution in [-0.2, 0) is 19.1 Å². The summed E-state index contributed by atoms with van der Waals surface area (Å²) in [5, 5.41) is 12.3. The number of benzene rings is 3. The maximum atomic E-state index is 13.1. The number of nitrogens with one attached hydrogen (secondary N) is 1. The van der Waals surface area contributed by atoms with Gasteiger partial charge in [-0.15, -0.1) is 0 Å². The van der Waals surface area contributed by atoms with E-state index in [1.807, 2.05) is 13.8 Å². The molecule has 0 heterocycles. The Morgan fingerprint density at radius 2 is 1.21 bits per heavy atom. The molecule has 3 rings (SSSR count). The molecule has 3 aromatic carbocycles. The minimum Gasteiger partial charge on any atom is -0.478 e. The van der Waals surface area contributed by atoms with Gasteiger partial charge in [-0.25, -0.2) is 14.4 Å². The highest BCUT2D eigenvalue weighted by molar-refractivity contribution is 6.01. The number of carboxylic acid groups (broad SMARTS) is 1. The molecular formula is C26H23NO7. The first-order chi connectivity index (χ1) is 16.3. The van der Waals surface area contributed by atoms with E-state index in [2.05, 4.69) is 5.32 Å². The third kappa shape index (κ3) is 6.07. The Hall–Kier alpha value is -4.46. The van der Waals surface area contributed by atoms with E-state index in [-0.39, 0.29) is 11.1 Å². The minimum atomic E-state index is -2.09. The molecule has 0 aliphatic rings. The van der Waals surface area contributed by atoms with Crippen LogP contribution in [0.15, 0.2) is 78.9 Å². The van der Waals surface area contributed by atoms with Crippen LogP contribution in [0.4, 0.5) is 5.69 Å². The third-order valence-corrected chi connectivity index (χ3v) is 5.04. The summed E-state index contributed by atoms with van der Waals surface area (Å²) in [6, 6.07) is 20.5. The summed E-state index contributed by atoms with van der Waals surface area (Å²) in [7, 11) is 0. The van der Waals surface area contributed by atoms with Crippen LogP contribution in [0.1, 0.15) is 31.8 Å². The SMILES string of the molecule is Cc1ccc(NC(=O)C(OC(=O)c2ccccc2)C(OC(=O)c2ccccc2)C(=O)O)cc1C. The van der Waals surface area contributed by atoms with Gasteiger partial charge in [-0.1, -0.05) is 42.5 Å². The number of carbonyl (C=O) groups is 4. The summed E-state index contributed by atoms with van der Waals surface area (Å²) >= 11 is 0. The second kappa shape index (κ2) is 10.9. The van der Waals surface area contributed by atoms with Crippen LogP contribution in [0.2, 0.25) is 0 Å². The zero-order valence-electron chi connectivity index (χ0n) is 18.6. The molecule has 34 heavy (non-hydrogen) atoms. The van der Waals surface area contributed by atoms with Crippen LogP contribution in [0.3, 0.4) is 0 Å². The van der Waals surface area contributed by atoms with E-state index in [1.165, 1.54) is 24.3 Å². The first kappa shape index (κ1) is 24.2. The van der Waals surface area contributed by atoms with Crippen LogP contribution < -0.4 is 5.32 Å². The van der Waals surface area contributed by atoms with Crippen molar-refractivity contribution in [2.24, 2.45) is 0 Å². The van der Waals surface area contributed by atoms with Gasteiger partial charge in [0.05, 0.1) is 11.1 Å². The van der Waals surface area contributed by atoms with Crippen molar-refractivity contribution in [1.29, 1.82) is 0 Å². The van der Waals surface area contributed by atoms with Crippen molar-refractivity contribution < 1.29 is 33.8 Å². The van der Waals surface area contributed by atoms with E-state index in [0.29, 0.717) is 5.69 Å². The molecule has 0 spiro atoms. The molecule has 1 amide bonds. The molecule has 8 heteroatoms. The fraction of sp³-hybridized carbons (Fsp3) is 0.154. The van der Waals surface area contributed by atoms with Gasteiger partial charge in [0.15, 0.2) is 0 Å². The van der Waals surface area contributed by atoms with Gasteiger partial charge in [-0.2, -0.15) is 0 Å². The normalized spacial score (nSPS) is 12.2. The Labute approximate surface area is 196 Å². The third-order valence-electron chi connectivity index (χ3n) is 5.04. The largest absolute Gasteiger partial charge is 0.478 e. The Kier molecular flexibility index (Phi) is 7.76. The number of rotatable bonds is 8. The lowest BCUT2D eigenvalue weighted by Gasteiger charge is -2.23. The number of aryl methyl sites for hydroxylation is 2. The van der Waals surface area contributed by atoms with E-state index < -0.39 is 36.0 Å². The van der Waals surface area contributed by atoms with Crippen LogP contribution in [0.25, 0.3) is 0 Å². The Balaban J connectivity index is 1.91. The Bertz CT molecular complexity index is 1190. The average molecular weight is 461 g/mol. The molecule has 0 aliphatic carbocycles. The van der Waals surface area contributed by atoms with E-state index in [9.17, 15) is 24.3 Å². The molecule has 0 saturated heterocycles. The van der Waals surface area contributed by atoms with Crippen molar-refractivity contribution in [2.45, 2.75) is 26.1 Å². The van der Waals surface area contributed by atoms with E-state index in [0.717, 1.165) is 11.1 Å². The average Bonchev–Trinajstić information content (AvgIpc) is 2.84. The molecular weight excluding hydrogens is 438 g/mol. The highest BCUT2D eigenvalue weighted by atomic mass is 16.6. The molecule has 3 aromatic rings. The standard InChI is InChI=1S/C26H23NO7/c1-16-13-14-20(15-17(16)2)27-23(28)21(33-25(31)18-9-5-3-6-10-18)22(24(29)30)34-26(32)19-11-7-4-8-12-19/h3-15,21-22H,1-2H3,(H,27,28)(H,29,30). The number of hydrogen-bond donors (Lipinski definition) is 2. The van der Waals surface area contributed by atoms with Crippen molar-refractivity contribution >= 4 is 29.5 Å². The summed E-state index contributed by atoms with van der Waals surface area (Å²) in [5.41, 5.74) is 2.43. The molecule has 2 unspecified atom stereocenters. The molecule has 2 N–H and O–H groups in total. The quantitative estimate of drug-likeness (QED) is 0.490. The summed E-state index contributed by atoms with van der Waals surface area (Å²) in [4.78, 5) is 50.3. The van der Waals surface area contributed by atoms with E-state index >= 15 is 0 Å². The van der Waals surface area contributed by atoms with Gasteiger partial charge in [-0.3, -0.25) is 4.79 Å². The van der Waals surface area contributed by atoms with Crippen molar-refractivity contribution in [2.75, 3.05) is 5.32 Å². The minimum absolute atomic E-state index is 0.0800. The predicted molar refractivity (Wildman–Crippen MR) is 123 cm³/mol. The van der Waals surface area contributed by atoms with Gasteiger partial charge < -0.3 is 19.9 Å². The lowest BCUT2D eigenvalue weighted by molar-refractivity contribution is -0.157. The zero-order chi connectivity index (χ0) is 24.7. The number of carbonyl (C=O) groups excluding carboxylic acids is 3. The molecule has 0 radical (unpaired) electrons. The maximum absolute atomic E-state index is 13.1. The molecule has 174 valence electrons. The predicted octanol–water partition coefficient (Wildman–Crippen LogP) is 3.78. The number of carboxylic acids is 1. The Morgan fingerprint density at radius 1 is 0.706 bits per heavy atom. The maximum Gasteiger partial charge on any atom is 0.349 e. The van der Waals surface area contributed by atoms with Crippen LogP contribution in [0.5, 0.6) is 0 Å². The van der Waals surface area contributed by atoms with Gasteiger partial charge in [0, 0.05) is 5.69 Å². The van der Waals surface area contributed by atoms with Gasteiger partial charge in [0.1, 0.15) is 0 Å². The number of amides is 1. The second-order valence-electron chi connectivity index (χ2n) is 7.51. The number of ether oxygens (including phenoxy) is 2. The molecule has 0 saturated carbocycles. The lowest BCUT2D eigenvalue weighted by Crippen LogP contribution is -2.48. The van der Waals surface area contributed by atoms with Crippen molar-refractivity contribution in [3.63, 3.8) is 0 Å². The first-order valence-corrected chi connectivity index (χ1v) is 10.4. The Morgan fingerprint density at radius 3 is 1.68 bits per heavy atom. The highest BCUT2D eigenvalue weighted by Crippen LogP contribution is 2.18. The van der Waals surface area contributed by atoms with E-state index in [1.54, 1.807) is 54.6 Å². The highest BCUT2D eigenvalue weighted by Gasteiger charge is 2.41. The topological polar surface area (TPSA) is 119 Å².